The van der Waals surface area contributed by atoms with Crippen molar-refractivity contribution in [1.29, 1.82) is 0 Å². The number of rotatable bonds is 7. The molecular weight excluding hydrogens is 306 g/mol. The van der Waals surface area contributed by atoms with Gasteiger partial charge in [0.25, 0.3) is 0 Å². The van der Waals surface area contributed by atoms with Crippen LogP contribution in [0.3, 0.4) is 0 Å². The van der Waals surface area contributed by atoms with Crippen LogP contribution in [0.4, 0.5) is 0 Å². The molecule has 3 rings (SSSR count). The summed E-state index contributed by atoms with van der Waals surface area (Å²) in [7, 11) is 0. The molecule has 2 atom stereocenters. The number of aromatic nitrogens is 3. The van der Waals surface area contributed by atoms with Crippen LogP contribution < -0.4 is 10.6 Å². The molecule has 0 spiro atoms. The van der Waals surface area contributed by atoms with Crippen LogP contribution in [0, 0.1) is 5.92 Å². The molecule has 7 nitrogen and oxygen atoms in total. The monoisotopic (exact) mass is 331 g/mol. The average Bonchev–Trinajstić information content (AvgIpc) is 3.26. The van der Waals surface area contributed by atoms with Gasteiger partial charge in [-0.05, 0) is 31.4 Å². The normalized spacial score (nSPS) is 18.2. The summed E-state index contributed by atoms with van der Waals surface area (Å²) in [6.07, 6.45) is 4.54. The third-order valence-electron chi connectivity index (χ3n) is 4.56. The Hall–Kier alpha value is -2.15. The van der Waals surface area contributed by atoms with Crippen molar-refractivity contribution in [3.63, 3.8) is 0 Å². The summed E-state index contributed by atoms with van der Waals surface area (Å²) in [4.78, 5) is 12.1. The number of fused-ring (bicyclic) bond motifs is 1. The number of aryl methyl sites for hydroxylation is 2. The highest BCUT2D eigenvalue weighted by atomic mass is 16.3. The largest absolute Gasteiger partial charge is 0.467 e. The Balaban J connectivity index is 1.44. The number of hydrogen-bond donors (Lipinski definition) is 2. The van der Waals surface area contributed by atoms with Crippen LogP contribution in [0.1, 0.15) is 37.7 Å². The summed E-state index contributed by atoms with van der Waals surface area (Å²) < 4.78 is 7.45. The third kappa shape index (κ3) is 3.84. The number of furan rings is 1. The molecule has 1 aliphatic rings. The Morgan fingerprint density at radius 1 is 1.50 bits per heavy atom. The first-order valence-electron chi connectivity index (χ1n) is 8.61. The molecular formula is C17H25N5O2. The van der Waals surface area contributed by atoms with Crippen molar-refractivity contribution in [3.05, 3.63) is 35.8 Å². The SMILES string of the molecule is CCc1nnc2n1CC(CNC(C)C(=O)NCc1ccco1)CC2. The van der Waals surface area contributed by atoms with Crippen LogP contribution in [0.2, 0.25) is 0 Å². The van der Waals surface area contributed by atoms with Gasteiger partial charge < -0.3 is 19.6 Å². The highest BCUT2D eigenvalue weighted by Gasteiger charge is 2.23. The summed E-state index contributed by atoms with van der Waals surface area (Å²) in [6, 6.07) is 3.44. The van der Waals surface area contributed by atoms with E-state index in [9.17, 15) is 4.79 Å². The van der Waals surface area contributed by atoms with Crippen molar-refractivity contribution in [1.82, 2.24) is 25.4 Å². The lowest BCUT2D eigenvalue weighted by Crippen LogP contribution is -2.44. The van der Waals surface area contributed by atoms with E-state index in [0.717, 1.165) is 49.8 Å². The summed E-state index contributed by atoms with van der Waals surface area (Å²) in [6.45, 7) is 6.16. The van der Waals surface area contributed by atoms with E-state index in [1.54, 1.807) is 6.26 Å². The fourth-order valence-corrected chi connectivity index (χ4v) is 3.06. The second kappa shape index (κ2) is 7.61. The van der Waals surface area contributed by atoms with Crippen LogP contribution in [-0.4, -0.2) is 33.3 Å². The van der Waals surface area contributed by atoms with Gasteiger partial charge in [0.1, 0.15) is 17.4 Å². The first kappa shape index (κ1) is 16.7. The summed E-state index contributed by atoms with van der Waals surface area (Å²) in [5.74, 6) is 3.39. The minimum atomic E-state index is -0.229. The maximum atomic E-state index is 12.1. The minimum Gasteiger partial charge on any atom is -0.467 e. The van der Waals surface area contributed by atoms with Crippen molar-refractivity contribution in [2.45, 2.75) is 52.2 Å². The Bertz CT molecular complexity index is 651. The van der Waals surface area contributed by atoms with Crippen LogP contribution in [0.5, 0.6) is 0 Å². The standard InChI is InChI=1S/C17H25N5O2/c1-3-15-20-21-16-7-6-13(11-22(15)16)9-18-12(2)17(23)19-10-14-5-4-8-24-14/h4-5,8,12-13,18H,3,6-7,9-11H2,1-2H3,(H,19,23). The molecule has 0 radical (unpaired) electrons. The lowest BCUT2D eigenvalue weighted by Gasteiger charge is -2.25. The minimum absolute atomic E-state index is 0.0126. The van der Waals surface area contributed by atoms with Gasteiger partial charge in [-0.25, -0.2) is 0 Å². The van der Waals surface area contributed by atoms with E-state index in [4.69, 9.17) is 4.42 Å². The number of carbonyl (C=O) groups excluding carboxylic acids is 1. The molecule has 0 aliphatic carbocycles. The predicted octanol–water partition coefficient (Wildman–Crippen LogP) is 1.29. The second-order valence-corrected chi connectivity index (χ2v) is 6.33. The lowest BCUT2D eigenvalue weighted by atomic mass is 9.99. The van der Waals surface area contributed by atoms with E-state index in [1.807, 2.05) is 19.1 Å². The molecule has 0 saturated carbocycles. The van der Waals surface area contributed by atoms with Gasteiger partial charge in [-0.15, -0.1) is 10.2 Å². The van der Waals surface area contributed by atoms with Crippen molar-refractivity contribution in [2.24, 2.45) is 5.92 Å². The van der Waals surface area contributed by atoms with Crippen molar-refractivity contribution in [2.75, 3.05) is 6.54 Å². The molecule has 3 heterocycles. The quantitative estimate of drug-likeness (QED) is 0.798. The summed E-state index contributed by atoms with van der Waals surface area (Å²) in [5.41, 5.74) is 0. The first-order chi connectivity index (χ1) is 11.7. The van der Waals surface area contributed by atoms with Crippen molar-refractivity contribution < 1.29 is 9.21 Å². The smallest absolute Gasteiger partial charge is 0.237 e. The van der Waals surface area contributed by atoms with Gasteiger partial charge in [-0.3, -0.25) is 4.79 Å². The zero-order valence-electron chi connectivity index (χ0n) is 14.3. The number of nitrogens with one attached hydrogen (secondary N) is 2. The highest BCUT2D eigenvalue weighted by Crippen LogP contribution is 2.19. The molecule has 130 valence electrons. The van der Waals surface area contributed by atoms with E-state index in [-0.39, 0.29) is 11.9 Å². The zero-order chi connectivity index (χ0) is 16.9. The molecule has 24 heavy (non-hydrogen) atoms. The van der Waals surface area contributed by atoms with E-state index >= 15 is 0 Å². The Morgan fingerprint density at radius 3 is 3.12 bits per heavy atom. The van der Waals surface area contributed by atoms with Gasteiger partial charge in [0.15, 0.2) is 0 Å². The summed E-state index contributed by atoms with van der Waals surface area (Å²) >= 11 is 0. The molecule has 2 aromatic rings. The predicted molar refractivity (Wildman–Crippen MR) is 89.2 cm³/mol. The van der Waals surface area contributed by atoms with Gasteiger partial charge >= 0.3 is 0 Å². The number of amides is 1. The molecule has 7 heteroatoms. The molecule has 1 amide bonds. The number of carbonyl (C=O) groups is 1. The fraction of sp³-hybridized carbons (Fsp3) is 0.588. The van der Waals surface area contributed by atoms with Gasteiger partial charge in [0.05, 0.1) is 18.8 Å². The van der Waals surface area contributed by atoms with Gasteiger partial charge in [-0.1, -0.05) is 6.92 Å². The molecule has 2 aromatic heterocycles. The van der Waals surface area contributed by atoms with Crippen LogP contribution in [0.25, 0.3) is 0 Å². The van der Waals surface area contributed by atoms with Crippen molar-refractivity contribution in [3.8, 4) is 0 Å². The summed E-state index contributed by atoms with van der Waals surface area (Å²) in [5, 5.41) is 14.7. The van der Waals surface area contributed by atoms with Crippen LogP contribution in [0.15, 0.2) is 22.8 Å². The van der Waals surface area contributed by atoms with Gasteiger partial charge in [0.2, 0.25) is 5.91 Å². The Labute approximate surface area is 141 Å². The first-order valence-corrected chi connectivity index (χ1v) is 8.61. The fourth-order valence-electron chi connectivity index (χ4n) is 3.06. The van der Waals surface area contributed by atoms with Crippen LogP contribution >= 0.6 is 0 Å². The zero-order valence-corrected chi connectivity index (χ0v) is 14.3. The lowest BCUT2D eigenvalue weighted by molar-refractivity contribution is -0.123. The topological polar surface area (TPSA) is 85.0 Å². The maximum absolute atomic E-state index is 12.1. The molecule has 1 aliphatic heterocycles. The van der Waals surface area contributed by atoms with E-state index in [0.29, 0.717) is 12.5 Å². The Morgan fingerprint density at radius 2 is 2.38 bits per heavy atom. The molecule has 0 bridgehead atoms. The van der Waals surface area contributed by atoms with Crippen molar-refractivity contribution >= 4 is 5.91 Å². The van der Waals surface area contributed by atoms with Crippen LogP contribution in [-0.2, 0) is 30.7 Å². The molecule has 0 aromatic carbocycles. The average molecular weight is 331 g/mol. The molecule has 2 N–H and O–H groups in total. The molecule has 2 unspecified atom stereocenters. The third-order valence-corrected chi connectivity index (χ3v) is 4.56. The van der Waals surface area contributed by atoms with E-state index < -0.39 is 0 Å². The Kier molecular flexibility index (Phi) is 5.30. The molecule has 0 fully saturated rings. The van der Waals surface area contributed by atoms with Gasteiger partial charge in [0, 0.05) is 25.9 Å². The molecule has 0 saturated heterocycles. The maximum Gasteiger partial charge on any atom is 0.237 e. The van der Waals surface area contributed by atoms with E-state index in [2.05, 4.69) is 32.3 Å². The number of hydrogen-bond acceptors (Lipinski definition) is 5. The number of nitrogens with zero attached hydrogens (tertiary/aromatic N) is 3. The highest BCUT2D eigenvalue weighted by molar-refractivity contribution is 5.81. The van der Waals surface area contributed by atoms with E-state index in [1.165, 1.54) is 0 Å². The van der Waals surface area contributed by atoms with Gasteiger partial charge in [-0.2, -0.15) is 0 Å². The second-order valence-electron chi connectivity index (χ2n) is 6.33.